The maximum absolute atomic E-state index is 10.9. The molecule has 2 rings (SSSR count). The van der Waals surface area contributed by atoms with Crippen molar-refractivity contribution in [2.75, 3.05) is 0 Å². The number of rotatable bonds is 3. The number of aromatic nitrogens is 1. The smallest absolute Gasteiger partial charge is 0.335 e. The molecule has 0 saturated carbocycles. The van der Waals surface area contributed by atoms with Crippen LogP contribution in [0.25, 0.3) is 0 Å². The first kappa shape index (κ1) is 12.6. The number of carboxylic acids is 1. The van der Waals surface area contributed by atoms with Gasteiger partial charge in [0.05, 0.1) is 5.56 Å². The number of nitriles is 1. The number of hydrogen-bond donors (Lipinski definition) is 1. The van der Waals surface area contributed by atoms with Gasteiger partial charge >= 0.3 is 5.97 Å². The van der Waals surface area contributed by atoms with Crippen LogP contribution in [0.3, 0.4) is 0 Å². The van der Waals surface area contributed by atoms with Crippen LogP contribution in [0.4, 0.5) is 0 Å². The van der Waals surface area contributed by atoms with Gasteiger partial charge in [-0.3, -0.25) is 0 Å². The quantitative estimate of drug-likeness (QED) is 0.910. The highest BCUT2D eigenvalue weighted by Crippen LogP contribution is 2.26. The number of hydrogen-bond acceptors (Lipinski definition) is 4. The van der Waals surface area contributed by atoms with Crippen molar-refractivity contribution in [3.8, 4) is 17.7 Å². The summed E-state index contributed by atoms with van der Waals surface area (Å²) in [5, 5.41) is 17.9. The lowest BCUT2D eigenvalue weighted by Crippen LogP contribution is -1.99. The van der Waals surface area contributed by atoms with Gasteiger partial charge in [-0.2, -0.15) is 5.26 Å². The van der Waals surface area contributed by atoms with Gasteiger partial charge in [0.25, 0.3) is 0 Å². The molecule has 94 valence electrons. The summed E-state index contributed by atoms with van der Waals surface area (Å²) in [6.45, 7) is 1.79. The van der Waals surface area contributed by atoms with E-state index in [0.29, 0.717) is 11.3 Å². The average Bonchev–Trinajstić information content (AvgIpc) is 2.41. The molecule has 0 radical (unpaired) electrons. The molecule has 0 spiro atoms. The first-order valence-electron chi connectivity index (χ1n) is 5.48. The summed E-state index contributed by atoms with van der Waals surface area (Å²) in [6.07, 6.45) is 1.51. The number of carboxylic acid groups (broad SMARTS) is 1. The first-order chi connectivity index (χ1) is 9.11. The minimum atomic E-state index is -1.04. The summed E-state index contributed by atoms with van der Waals surface area (Å²) in [4.78, 5) is 14.9. The van der Waals surface area contributed by atoms with Crippen LogP contribution in [0, 0.1) is 18.3 Å². The van der Waals surface area contributed by atoms with Crippen molar-refractivity contribution < 1.29 is 14.6 Å². The second-order valence-electron chi connectivity index (χ2n) is 3.86. The normalized spacial score (nSPS) is 9.68. The summed E-state index contributed by atoms with van der Waals surface area (Å²) in [6, 6.07) is 9.73. The lowest BCUT2D eigenvalue weighted by Gasteiger charge is -2.09. The summed E-state index contributed by atoms with van der Waals surface area (Å²) in [5.41, 5.74) is 1.18. The molecule has 0 aliphatic heterocycles. The zero-order valence-corrected chi connectivity index (χ0v) is 10.1. The predicted molar refractivity (Wildman–Crippen MR) is 67.2 cm³/mol. The topological polar surface area (TPSA) is 83.2 Å². The van der Waals surface area contributed by atoms with Crippen LogP contribution in [-0.2, 0) is 0 Å². The van der Waals surface area contributed by atoms with Crippen LogP contribution >= 0.6 is 0 Å². The van der Waals surface area contributed by atoms with E-state index in [-0.39, 0.29) is 11.4 Å². The van der Waals surface area contributed by atoms with Crippen molar-refractivity contribution in [1.82, 2.24) is 4.98 Å². The van der Waals surface area contributed by atoms with Crippen molar-refractivity contribution >= 4 is 5.97 Å². The van der Waals surface area contributed by atoms with Crippen molar-refractivity contribution in [3.05, 3.63) is 53.2 Å². The molecule has 1 aromatic heterocycles. The molecule has 0 amide bonds. The van der Waals surface area contributed by atoms with E-state index in [2.05, 4.69) is 4.98 Å². The van der Waals surface area contributed by atoms with E-state index in [1.165, 1.54) is 18.3 Å². The Balaban J connectivity index is 2.41. The van der Waals surface area contributed by atoms with E-state index < -0.39 is 5.97 Å². The molecular formula is C14H10N2O3. The number of carbonyl (C=O) groups is 1. The minimum Gasteiger partial charge on any atom is -0.478 e. The third kappa shape index (κ3) is 2.69. The first-order valence-corrected chi connectivity index (χ1v) is 5.48. The fourth-order valence-electron chi connectivity index (χ4n) is 1.50. The standard InChI is InChI=1S/C14H10N2O3/c1-9-4-5-10(14(17)18)7-12(9)19-13-11(8-15)3-2-6-16-13/h2-7H,1H3,(H,17,18). The molecule has 0 saturated heterocycles. The van der Waals surface area contributed by atoms with Gasteiger partial charge in [-0.15, -0.1) is 0 Å². The molecule has 5 nitrogen and oxygen atoms in total. The Morgan fingerprint density at radius 1 is 1.42 bits per heavy atom. The van der Waals surface area contributed by atoms with Crippen LogP contribution in [0.2, 0.25) is 0 Å². The number of aryl methyl sites for hydroxylation is 1. The SMILES string of the molecule is Cc1ccc(C(=O)O)cc1Oc1ncccc1C#N. The summed E-state index contributed by atoms with van der Waals surface area (Å²) in [5.74, 6) is -0.503. The second-order valence-corrected chi connectivity index (χ2v) is 3.86. The molecule has 19 heavy (non-hydrogen) atoms. The molecule has 2 aromatic rings. The van der Waals surface area contributed by atoms with Crippen LogP contribution in [0.1, 0.15) is 21.5 Å². The second kappa shape index (κ2) is 5.19. The molecule has 0 bridgehead atoms. The van der Waals surface area contributed by atoms with E-state index >= 15 is 0 Å². The molecule has 0 aliphatic rings. The monoisotopic (exact) mass is 254 g/mol. The molecule has 1 N–H and O–H groups in total. The Bertz CT molecular complexity index is 675. The van der Waals surface area contributed by atoms with Crippen LogP contribution in [-0.4, -0.2) is 16.1 Å². The zero-order valence-electron chi connectivity index (χ0n) is 10.1. The highest BCUT2D eigenvalue weighted by Gasteiger charge is 2.10. The number of nitrogens with zero attached hydrogens (tertiary/aromatic N) is 2. The fourth-order valence-corrected chi connectivity index (χ4v) is 1.50. The molecule has 0 atom stereocenters. The van der Waals surface area contributed by atoms with Crippen LogP contribution in [0.5, 0.6) is 11.6 Å². The van der Waals surface area contributed by atoms with Crippen molar-refractivity contribution in [2.24, 2.45) is 0 Å². The largest absolute Gasteiger partial charge is 0.478 e. The minimum absolute atomic E-state index is 0.120. The van der Waals surface area contributed by atoms with Gasteiger partial charge in [-0.25, -0.2) is 9.78 Å². The number of aromatic carboxylic acids is 1. The molecule has 1 aromatic carbocycles. The lowest BCUT2D eigenvalue weighted by atomic mass is 10.1. The number of benzene rings is 1. The summed E-state index contributed by atoms with van der Waals surface area (Å²) >= 11 is 0. The van der Waals surface area contributed by atoms with Gasteiger partial charge < -0.3 is 9.84 Å². The Labute approximate surface area is 109 Å². The van der Waals surface area contributed by atoms with E-state index in [1.807, 2.05) is 6.07 Å². The maximum Gasteiger partial charge on any atom is 0.335 e. The fraction of sp³-hybridized carbons (Fsp3) is 0.0714. The molecule has 0 fully saturated rings. The van der Waals surface area contributed by atoms with Gasteiger partial charge in [0.1, 0.15) is 17.4 Å². The number of ether oxygens (including phenoxy) is 1. The zero-order chi connectivity index (χ0) is 13.8. The molecule has 1 heterocycles. The van der Waals surface area contributed by atoms with Gasteiger partial charge in [-0.05, 0) is 36.8 Å². The van der Waals surface area contributed by atoms with Gasteiger partial charge in [0, 0.05) is 6.20 Å². The van der Waals surface area contributed by atoms with E-state index in [1.54, 1.807) is 25.1 Å². The van der Waals surface area contributed by atoms with E-state index in [4.69, 9.17) is 15.1 Å². The Morgan fingerprint density at radius 3 is 2.89 bits per heavy atom. The third-order valence-electron chi connectivity index (χ3n) is 2.53. The Hall–Kier alpha value is -2.87. The van der Waals surface area contributed by atoms with Crippen molar-refractivity contribution in [2.45, 2.75) is 6.92 Å². The van der Waals surface area contributed by atoms with E-state index in [0.717, 1.165) is 5.56 Å². The van der Waals surface area contributed by atoms with Gasteiger partial charge in [-0.1, -0.05) is 6.07 Å². The predicted octanol–water partition coefficient (Wildman–Crippen LogP) is 2.75. The lowest BCUT2D eigenvalue weighted by molar-refractivity contribution is 0.0696. The third-order valence-corrected chi connectivity index (χ3v) is 2.53. The van der Waals surface area contributed by atoms with Gasteiger partial charge in [0.15, 0.2) is 0 Å². The highest BCUT2D eigenvalue weighted by atomic mass is 16.5. The van der Waals surface area contributed by atoms with Crippen molar-refractivity contribution in [1.29, 1.82) is 5.26 Å². The molecular weight excluding hydrogens is 244 g/mol. The van der Waals surface area contributed by atoms with Crippen molar-refractivity contribution in [3.63, 3.8) is 0 Å². The Kier molecular flexibility index (Phi) is 3.44. The maximum atomic E-state index is 10.9. The van der Waals surface area contributed by atoms with Crippen LogP contribution < -0.4 is 4.74 Å². The van der Waals surface area contributed by atoms with Crippen LogP contribution in [0.15, 0.2) is 36.5 Å². The number of pyridine rings is 1. The average molecular weight is 254 g/mol. The summed E-state index contributed by atoms with van der Waals surface area (Å²) < 4.78 is 5.53. The van der Waals surface area contributed by atoms with Gasteiger partial charge in [0.2, 0.25) is 5.88 Å². The molecule has 5 heteroatoms. The molecule has 0 aliphatic carbocycles. The highest BCUT2D eigenvalue weighted by molar-refractivity contribution is 5.88. The molecule has 0 unspecified atom stereocenters. The summed E-state index contributed by atoms with van der Waals surface area (Å²) in [7, 11) is 0. The Morgan fingerprint density at radius 2 is 2.21 bits per heavy atom. The van der Waals surface area contributed by atoms with E-state index in [9.17, 15) is 4.79 Å².